The van der Waals surface area contributed by atoms with Crippen molar-refractivity contribution in [2.45, 2.75) is 18.9 Å². The Balaban J connectivity index is 0.00000180. The zero-order valence-electron chi connectivity index (χ0n) is 10.6. The van der Waals surface area contributed by atoms with Crippen LogP contribution in [0, 0.1) is 0 Å². The van der Waals surface area contributed by atoms with Gasteiger partial charge in [-0.1, -0.05) is 0 Å². The SMILES string of the molecule is Cl.Cn1c(=O)[nH]cc(C(=O)N[C@H]2CCCNC2)c1=O. The van der Waals surface area contributed by atoms with Gasteiger partial charge in [-0.05, 0) is 19.4 Å². The third kappa shape index (κ3) is 3.45. The number of nitrogens with one attached hydrogen (secondary N) is 3. The third-order valence-corrected chi connectivity index (χ3v) is 3.06. The average Bonchev–Trinajstić information content (AvgIpc) is 2.37. The highest BCUT2D eigenvalue weighted by atomic mass is 35.5. The Morgan fingerprint density at radius 1 is 1.47 bits per heavy atom. The predicted octanol–water partition coefficient (Wildman–Crippen LogP) is -1.02. The highest BCUT2D eigenvalue weighted by Crippen LogP contribution is 2.01. The smallest absolute Gasteiger partial charge is 0.328 e. The van der Waals surface area contributed by atoms with Crippen LogP contribution in [0.4, 0.5) is 0 Å². The van der Waals surface area contributed by atoms with Crippen molar-refractivity contribution in [3.05, 3.63) is 32.6 Å². The van der Waals surface area contributed by atoms with Gasteiger partial charge in [-0.2, -0.15) is 0 Å². The molecule has 19 heavy (non-hydrogen) atoms. The van der Waals surface area contributed by atoms with E-state index in [1.54, 1.807) is 0 Å². The van der Waals surface area contributed by atoms with Crippen molar-refractivity contribution in [1.29, 1.82) is 0 Å². The molecule has 0 aliphatic carbocycles. The summed E-state index contributed by atoms with van der Waals surface area (Å²) in [5.74, 6) is -0.444. The Bertz CT molecular complexity index is 560. The number of rotatable bonds is 2. The molecule has 0 saturated carbocycles. The van der Waals surface area contributed by atoms with E-state index in [1.165, 1.54) is 7.05 Å². The van der Waals surface area contributed by atoms with Gasteiger partial charge in [0, 0.05) is 25.8 Å². The first-order chi connectivity index (χ1) is 8.59. The number of aromatic nitrogens is 2. The highest BCUT2D eigenvalue weighted by molar-refractivity contribution is 5.93. The standard InChI is InChI=1S/C11H16N4O3.ClH/c1-15-10(17)8(6-13-11(15)18)9(16)14-7-3-2-4-12-5-7;/h6-7,12H,2-5H2,1H3,(H,13,18)(H,14,16);1H/t7-;/m0./s1. The maximum absolute atomic E-state index is 11.9. The fourth-order valence-corrected chi connectivity index (χ4v) is 1.97. The lowest BCUT2D eigenvalue weighted by atomic mass is 10.1. The van der Waals surface area contributed by atoms with Gasteiger partial charge in [-0.3, -0.25) is 14.2 Å². The number of hydrogen-bond donors (Lipinski definition) is 3. The number of hydrogen-bond acceptors (Lipinski definition) is 4. The molecule has 2 heterocycles. The van der Waals surface area contributed by atoms with Crippen LogP contribution in [0.5, 0.6) is 0 Å². The van der Waals surface area contributed by atoms with E-state index in [1.807, 2.05) is 0 Å². The Labute approximate surface area is 115 Å². The molecule has 8 heteroatoms. The van der Waals surface area contributed by atoms with Crippen LogP contribution in [0.25, 0.3) is 0 Å². The van der Waals surface area contributed by atoms with Gasteiger partial charge in [0.2, 0.25) is 0 Å². The van der Waals surface area contributed by atoms with Gasteiger partial charge in [-0.25, -0.2) is 4.79 Å². The molecule has 1 aliphatic rings. The molecule has 1 aromatic rings. The second kappa shape index (κ2) is 6.53. The maximum atomic E-state index is 11.9. The van der Waals surface area contributed by atoms with Gasteiger partial charge in [0.1, 0.15) is 5.56 Å². The lowest BCUT2D eigenvalue weighted by Gasteiger charge is -2.23. The second-order valence-electron chi connectivity index (χ2n) is 4.39. The topological polar surface area (TPSA) is 96.0 Å². The minimum Gasteiger partial charge on any atom is -0.348 e. The molecule has 0 radical (unpaired) electrons. The van der Waals surface area contributed by atoms with Gasteiger partial charge < -0.3 is 15.6 Å². The molecule has 0 bridgehead atoms. The zero-order chi connectivity index (χ0) is 13.1. The first-order valence-electron chi connectivity index (χ1n) is 5.90. The van der Waals surface area contributed by atoms with E-state index in [4.69, 9.17) is 0 Å². The van der Waals surface area contributed by atoms with Crippen molar-refractivity contribution in [3.63, 3.8) is 0 Å². The monoisotopic (exact) mass is 288 g/mol. The van der Waals surface area contributed by atoms with E-state index in [-0.39, 0.29) is 24.0 Å². The highest BCUT2D eigenvalue weighted by Gasteiger charge is 2.19. The molecule has 1 atom stereocenters. The molecule has 1 amide bonds. The molecule has 0 unspecified atom stereocenters. The molecule has 7 nitrogen and oxygen atoms in total. The van der Waals surface area contributed by atoms with E-state index in [9.17, 15) is 14.4 Å². The quantitative estimate of drug-likeness (QED) is 0.649. The minimum absolute atomic E-state index is 0. The molecule has 106 valence electrons. The van der Waals surface area contributed by atoms with Crippen LogP contribution < -0.4 is 21.9 Å². The zero-order valence-corrected chi connectivity index (χ0v) is 11.4. The largest absolute Gasteiger partial charge is 0.348 e. The number of piperidine rings is 1. The molecule has 1 fully saturated rings. The van der Waals surface area contributed by atoms with Gasteiger partial charge in [0.25, 0.3) is 11.5 Å². The molecule has 3 N–H and O–H groups in total. The summed E-state index contributed by atoms with van der Waals surface area (Å²) in [7, 11) is 1.33. The molecule has 1 saturated heterocycles. The first-order valence-corrected chi connectivity index (χ1v) is 5.90. The summed E-state index contributed by atoms with van der Waals surface area (Å²) >= 11 is 0. The Morgan fingerprint density at radius 2 is 2.21 bits per heavy atom. The number of carbonyl (C=O) groups is 1. The summed E-state index contributed by atoms with van der Waals surface area (Å²) in [5, 5.41) is 5.96. The Hall–Kier alpha value is -1.60. The van der Waals surface area contributed by atoms with Crippen LogP contribution in [-0.4, -0.2) is 34.6 Å². The van der Waals surface area contributed by atoms with Crippen molar-refractivity contribution >= 4 is 18.3 Å². The van der Waals surface area contributed by atoms with Crippen LogP contribution in [-0.2, 0) is 7.05 Å². The number of carbonyl (C=O) groups excluding carboxylic acids is 1. The van der Waals surface area contributed by atoms with E-state index in [0.717, 1.165) is 30.2 Å². The lowest BCUT2D eigenvalue weighted by Crippen LogP contribution is -2.47. The van der Waals surface area contributed by atoms with Crippen LogP contribution >= 0.6 is 12.4 Å². The summed E-state index contributed by atoms with van der Waals surface area (Å²) in [6.45, 7) is 1.65. The summed E-state index contributed by atoms with van der Waals surface area (Å²) in [6.07, 6.45) is 3.05. The molecule has 1 aromatic heterocycles. The average molecular weight is 289 g/mol. The van der Waals surface area contributed by atoms with E-state index in [0.29, 0.717) is 6.54 Å². The van der Waals surface area contributed by atoms with Crippen LogP contribution in [0.1, 0.15) is 23.2 Å². The molecule has 0 aromatic carbocycles. The van der Waals surface area contributed by atoms with E-state index in [2.05, 4.69) is 15.6 Å². The van der Waals surface area contributed by atoms with Gasteiger partial charge in [0.05, 0.1) is 0 Å². The fourth-order valence-electron chi connectivity index (χ4n) is 1.97. The summed E-state index contributed by atoms with van der Waals surface area (Å²) in [5.41, 5.74) is -1.15. The lowest BCUT2D eigenvalue weighted by molar-refractivity contribution is 0.0928. The molecule has 2 rings (SSSR count). The normalized spacial score (nSPS) is 18.5. The number of nitrogens with zero attached hydrogens (tertiary/aromatic N) is 1. The summed E-state index contributed by atoms with van der Waals surface area (Å²) in [6, 6.07) is 0.0304. The molecule has 1 aliphatic heterocycles. The van der Waals surface area contributed by atoms with Crippen molar-refractivity contribution < 1.29 is 4.79 Å². The molecular formula is C11H17ClN4O3. The van der Waals surface area contributed by atoms with Crippen LogP contribution in [0.2, 0.25) is 0 Å². The number of halogens is 1. The second-order valence-corrected chi connectivity index (χ2v) is 4.39. The minimum atomic E-state index is -0.583. The summed E-state index contributed by atoms with van der Waals surface area (Å²) < 4.78 is 0.883. The number of aromatic amines is 1. The van der Waals surface area contributed by atoms with Crippen molar-refractivity contribution in [3.8, 4) is 0 Å². The number of amides is 1. The summed E-state index contributed by atoms with van der Waals surface area (Å²) in [4.78, 5) is 37.2. The van der Waals surface area contributed by atoms with Crippen molar-refractivity contribution in [2.75, 3.05) is 13.1 Å². The fraction of sp³-hybridized carbons (Fsp3) is 0.545. The van der Waals surface area contributed by atoms with Crippen molar-refractivity contribution in [2.24, 2.45) is 7.05 Å². The van der Waals surface area contributed by atoms with Crippen LogP contribution in [0.3, 0.4) is 0 Å². The van der Waals surface area contributed by atoms with Crippen LogP contribution in [0.15, 0.2) is 15.8 Å². The van der Waals surface area contributed by atoms with Crippen molar-refractivity contribution in [1.82, 2.24) is 20.2 Å². The molecule has 0 spiro atoms. The third-order valence-electron chi connectivity index (χ3n) is 3.06. The maximum Gasteiger partial charge on any atom is 0.328 e. The first kappa shape index (κ1) is 15.5. The van der Waals surface area contributed by atoms with Gasteiger partial charge in [0.15, 0.2) is 0 Å². The number of H-pyrrole nitrogens is 1. The van der Waals surface area contributed by atoms with Gasteiger partial charge in [-0.15, -0.1) is 12.4 Å². The van der Waals surface area contributed by atoms with E-state index < -0.39 is 17.2 Å². The van der Waals surface area contributed by atoms with E-state index >= 15 is 0 Å². The predicted molar refractivity (Wildman–Crippen MR) is 72.9 cm³/mol. The Morgan fingerprint density at radius 3 is 2.84 bits per heavy atom. The molecular weight excluding hydrogens is 272 g/mol. The Kier molecular flexibility index (Phi) is 5.31. The van der Waals surface area contributed by atoms with Gasteiger partial charge >= 0.3 is 5.69 Å².